The molecule has 26 heavy (non-hydrogen) atoms. The fourth-order valence-corrected chi connectivity index (χ4v) is 3.24. The number of hydrogen-bond acceptors (Lipinski definition) is 4. The van der Waals surface area contributed by atoms with Gasteiger partial charge < -0.3 is 5.32 Å². The number of benzene rings is 2. The van der Waals surface area contributed by atoms with Crippen LogP contribution in [0.25, 0.3) is 5.69 Å². The van der Waals surface area contributed by atoms with E-state index in [1.807, 2.05) is 41.8 Å². The number of anilines is 1. The fraction of sp³-hybridized carbons (Fsp3) is 0.167. The third-order valence-electron chi connectivity index (χ3n) is 3.65. The maximum Gasteiger partial charge on any atom is 0.237 e. The van der Waals surface area contributed by atoms with Crippen molar-refractivity contribution in [1.29, 1.82) is 0 Å². The van der Waals surface area contributed by atoms with Gasteiger partial charge in [-0.1, -0.05) is 30.0 Å². The van der Waals surface area contributed by atoms with Gasteiger partial charge in [0.1, 0.15) is 5.82 Å². The normalized spacial score (nSPS) is 12.0. The number of thioether (sulfide) groups is 1. The first-order valence-electron chi connectivity index (χ1n) is 7.85. The van der Waals surface area contributed by atoms with Gasteiger partial charge in [0.15, 0.2) is 16.8 Å². The van der Waals surface area contributed by atoms with E-state index in [4.69, 9.17) is 0 Å². The third-order valence-corrected chi connectivity index (χ3v) is 4.69. The van der Waals surface area contributed by atoms with Crippen molar-refractivity contribution in [3.05, 3.63) is 66.0 Å². The van der Waals surface area contributed by atoms with E-state index in [1.165, 1.54) is 17.8 Å². The molecular formula is C18H16F2N4OS. The van der Waals surface area contributed by atoms with Crippen molar-refractivity contribution in [2.24, 2.45) is 0 Å². The predicted octanol–water partition coefficient (Wildman–Crippen LogP) is 3.97. The molecule has 0 aliphatic rings. The maximum atomic E-state index is 13.3. The van der Waals surface area contributed by atoms with Crippen molar-refractivity contribution < 1.29 is 13.6 Å². The molecule has 0 unspecified atom stereocenters. The molecule has 2 aromatic carbocycles. The molecule has 0 spiro atoms. The first kappa shape index (κ1) is 18.1. The van der Waals surface area contributed by atoms with E-state index in [2.05, 4.69) is 15.5 Å². The average molecular weight is 374 g/mol. The lowest BCUT2D eigenvalue weighted by Crippen LogP contribution is -2.23. The summed E-state index contributed by atoms with van der Waals surface area (Å²) in [6.45, 7) is 3.54. The van der Waals surface area contributed by atoms with E-state index in [1.54, 1.807) is 6.92 Å². The van der Waals surface area contributed by atoms with Crippen LogP contribution < -0.4 is 5.32 Å². The minimum Gasteiger partial charge on any atom is -0.325 e. The topological polar surface area (TPSA) is 59.8 Å². The van der Waals surface area contributed by atoms with Gasteiger partial charge in [0.2, 0.25) is 5.91 Å². The van der Waals surface area contributed by atoms with E-state index in [0.717, 1.165) is 17.8 Å². The fourth-order valence-electron chi connectivity index (χ4n) is 2.32. The zero-order valence-electron chi connectivity index (χ0n) is 14.1. The molecule has 0 radical (unpaired) electrons. The van der Waals surface area contributed by atoms with Crippen LogP contribution >= 0.6 is 11.8 Å². The Morgan fingerprint density at radius 2 is 1.85 bits per heavy atom. The summed E-state index contributed by atoms with van der Waals surface area (Å²) in [6.07, 6.45) is 0. The van der Waals surface area contributed by atoms with Crippen molar-refractivity contribution in [1.82, 2.24) is 14.8 Å². The highest BCUT2D eigenvalue weighted by atomic mass is 32.2. The number of hydrogen-bond donors (Lipinski definition) is 1. The Balaban J connectivity index is 1.75. The Morgan fingerprint density at radius 3 is 2.54 bits per heavy atom. The molecule has 1 aromatic heterocycles. The first-order chi connectivity index (χ1) is 12.5. The number of nitrogens with one attached hydrogen (secondary N) is 1. The molecule has 0 aliphatic heterocycles. The molecule has 8 heteroatoms. The van der Waals surface area contributed by atoms with Crippen molar-refractivity contribution in [3.63, 3.8) is 0 Å². The van der Waals surface area contributed by atoms with Gasteiger partial charge in [0.25, 0.3) is 0 Å². The summed E-state index contributed by atoms with van der Waals surface area (Å²) in [7, 11) is 0. The third kappa shape index (κ3) is 3.91. The molecule has 0 bridgehead atoms. The second-order valence-corrected chi connectivity index (χ2v) is 6.89. The minimum absolute atomic E-state index is 0.196. The van der Waals surface area contributed by atoms with Gasteiger partial charge in [0.05, 0.1) is 5.25 Å². The SMILES string of the molecule is Cc1nnc(S[C@@H](C)C(=O)Nc2ccc(F)c(F)c2)n1-c1ccccc1. The smallest absolute Gasteiger partial charge is 0.237 e. The number of halogens is 2. The number of amides is 1. The summed E-state index contributed by atoms with van der Waals surface area (Å²) >= 11 is 1.23. The van der Waals surface area contributed by atoms with Crippen LogP contribution in [0.5, 0.6) is 0 Å². The largest absolute Gasteiger partial charge is 0.325 e. The van der Waals surface area contributed by atoms with E-state index in [-0.39, 0.29) is 11.6 Å². The summed E-state index contributed by atoms with van der Waals surface area (Å²) in [4.78, 5) is 12.4. The van der Waals surface area contributed by atoms with Crippen LogP contribution in [0.1, 0.15) is 12.7 Å². The Kier molecular flexibility index (Phi) is 5.32. The van der Waals surface area contributed by atoms with Crippen molar-refractivity contribution in [3.8, 4) is 5.69 Å². The van der Waals surface area contributed by atoms with Crippen molar-refractivity contribution in [2.45, 2.75) is 24.3 Å². The molecule has 3 rings (SSSR count). The number of para-hydroxylation sites is 1. The summed E-state index contributed by atoms with van der Waals surface area (Å²) in [5, 5.41) is 10.8. The van der Waals surface area contributed by atoms with Crippen LogP contribution in [-0.4, -0.2) is 25.9 Å². The van der Waals surface area contributed by atoms with E-state index < -0.39 is 16.9 Å². The number of nitrogens with zero attached hydrogens (tertiary/aromatic N) is 3. The molecular weight excluding hydrogens is 358 g/mol. The van der Waals surface area contributed by atoms with Crippen LogP contribution in [0.3, 0.4) is 0 Å². The standard InChI is InChI=1S/C18H16F2N4OS/c1-11(17(25)21-13-8-9-15(19)16(20)10-13)26-18-23-22-12(2)24(18)14-6-4-3-5-7-14/h3-11H,1-2H3,(H,21,25)/t11-/m0/s1. The lowest BCUT2D eigenvalue weighted by atomic mass is 10.3. The number of carbonyl (C=O) groups excluding carboxylic acids is 1. The van der Waals surface area contributed by atoms with Gasteiger partial charge in [-0.2, -0.15) is 0 Å². The minimum atomic E-state index is -1.01. The van der Waals surface area contributed by atoms with Crippen LogP contribution in [0.2, 0.25) is 0 Å². The highest BCUT2D eigenvalue weighted by Crippen LogP contribution is 2.26. The quantitative estimate of drug-likeness (QED) is 0.687. The molecule has 0 aliphatic carbocycles. The molecule has 134 valence electrons. The van der Waals surface area contributed by atoms with Gasteiger partial charge in [-0.15, -0.1) is 10.2 Å². The Hall–Kier alpha value is -2.74. The number of carbonyl (C=O) groups is 1. The van der Waals surface area contributed by atoms with E-state index in [9.17, 15) is 13.6 Å². The van der Waals surface area contributed by atoms with Crippen LogP contribution in [0.15, 0.2) is 53.7 Å². The highest BCUT2D eigenvalue weighted by Gasteiger charge is 2.20. The summed E-state index contributed by atoms with van der Waals surface area (Å²) < 4.78 is 28.1. The molecule has 0 saturated heterocycles. The zero-order chi connectivity index (χ0) is 18.7. The first-order valence-corrected chi connectivity index (χ1v) is 8.73. The Morgan fingerprint density at radius 1 is 1.12 bits per heavy atom. The van der Waals surface area contributed by atoms with E-state index >= 15 is 0 Å². The van der Waals surface area contributed by atoms with Crippen LogP contribution in [0.4, 0.5) is 14.5 Å². The van der Waals surface area contributed by atoms with Crippen LogP contribution in [-0.2, 0) is 4.79 Å². The Bertz CT molecular complexity index is 930. The average Bonchev–Trinajstić information content (AvgIpc) is 2.99. The maximum absolute atomic E-state index is 13.3. The zero-order valence-corrected chi connectivity index (χ0v) is 14.9. The summed E-state index contributed by atoms with van der Waals surface area (Å²) in [6, 6.07) is 12.8. The van der Waals surface area contributed by atoms with Crippen molar-refractivity contribution >= 4 is 23.4 Å². The Labute approximate surface area is 153 Å². The number of rotatable bonds is 5. The summed E-state index contributed by atoms with van der Waals surface area (Å²) in [5.74, 6) is -1.62. The van der Waals surface area contributed by atoms with Gasteiger partial charge in [-0.3, -0.25) is 9.36 Å². The molecule has 3 aromatic rings. The molecule has 1 atom stereocenters. The molecule has 0 saturated carbocycles. The molecule has 1 amide bonds. The molecule has 1 heterocycles. The van der Waals surface area contributed by atoms with Gasteiger partial charge in [-0.05, 0) is 38.1 Å². The molecule has 0 fully saturated rings. The predicted molar refractivity (Wildman–Crippen MR) is 96.4 cm³/mol. The van der Waals surface area contributed by atoms with E-state index in [0.29, 0.717) is 11.0 Å². The van der Waals surface area contributed by atoms with Gasteiger partial charge >= 0.3 is 0 Å². The monoisotopic (exact) mass is 374 g/mol. The highest BCUT2D eigenvalue weighted by molar-refractivity contribution is 8.00. The lowest BCUT2D eigenvalue weighted by Gasteiger charge is -2.13. The van der Waals surface area contributed by atoms with Gasteiger partial charge in [0, 0.05) is 17.4 Å². The molecule has 5 nitrogen and oxygen atoms in total. The summed E-state index contributed by atoms with van der Waals surface area (Å²) in [5.41, 5.74) is 1.09. The second kappa shape index (κ2) is 7.65. The van der Waals surface area contributed by atoms with Crippen LogP contribution in [0, 0.1) is 18.6 Å². The second-order valence-electron chi connectivity index (χ2n) is 5.58. The lowest BCUT2D eigenvalue weighted by molar-refractivity contribution is -0.115. The van der Waals surface area contributed by atoms with Gasteiger partial charge in [-0.25, -0.2) is 8.78 Å². The number of aryl methyl sites for hydroxylation is 1. The number of aromatic nitrogens is 3. The molecule has 1 N–H and O–H groups in total. The van der Waals surface area contributed by atoms with Crippen molar-refractivity contribution in [2.75, 3.05) is 5.32 Å².